The number of benzene rings is 1. The van der Waals surface area contributed by atoms with E-state index in [1.165, 1.54) is 17.4 Å². The Labute approximate surface area is 123 Å². The van der Waals surface area contributed by atoms with E-state index in [0.717, 1.165) is 12.0 Å². The molecule has 20 heavy (non-hydrogen) atoms. The standard InChI is InChI=1S/C14H17NO3S2/c1-3-11-5-4-6-12(7-11)15-20(17,18)14-8-13(9-16)19-10(14)2/h4-8,15-16H,3,9H2,1-2H3. The highest BCUT2D eigenvalue weighted by molar-refractivity contribution is 7.93. The lowest BCUT2D eigenvalue weighted by Gasteiger charge is -2.08. The Bertz CT molecular complexity index is 705. The summed E-state index contributed by atoms with van der Waals surface area (Å²) in [5, 5.41) is 9.09. The van der Waals surface area contributed by atoms with Gasteiger partial charge in [0.05, 0.1) is 6.61 Å². The summed E-state index contributed by atoms with van der Waals surface area (Å²) in [7, 11) is -3.61. The van der Waals surface area contributed by atoms with Crippen molar-refractivity contribution in [2.75, 3.05) is 4.72 Å². The first-order valence-electron chi connectivity index (χ1n) is 6.28. The van der Waals surface area contributed by atoms with Crippen molar-refractivity contribution in [1.82, 2.24) is 0 Å². The molecule has 1 heterocycles. The van der Waals surface area contributed by atoms with E-state index in [0.29, 0.717) is 15.4 Å². The van der Waals surface area contributed by atoms with Crippen LogP contribution in [0, 0.1) is 6.92 Å². The van der Waals surface area contributed by atoms with E-state index in [1.54, 1.807) is 13.0 Å². The average molecular weight is 311 g/mol. The molecule has 4 nitrogen and oxygen atoms in total. The molecule has 6 heteroatoms. The average Bonchev–Trinajstić information content (AvgIpc) is 2.80. The van der Waals surface area contributed by atoms with Crippen molar-refractivity contribution in [3.63, 3.8) is 0 Å². The summed E-state index contributed by atoms with van der Waals surface area (Å²) in [6, 6.07) is 8.86. The highest BCUT2D eigenvalue weighted by atomic mass is 32.2. The van der Waals surface area contributed by atoms with Gasteiger partial charge in [-0.15, -0.1) is 11.3 Å². The normalized spacial score (nSPS) is 11.6. The third-order valence-electron chi connectivity index (χ3n) is 2.96. The highest BCUT2D eigenvalue weighted by Crippen LogP contribution is 2.27. The first-order chi connectivity index (χ1) is 9.46. The van der Waals surface area contributed by atoms with Gasteiger partial charge in [0.15, 0.2) is 0 Å². The van der Waals surface area contributed by atoms with E-state index < -0.39 is 10.0 Å². The Kier molecular flexibility index (Phi) is 4.47. The third kappa shape index (κ3) is 3.20. The maximum Gasteiger partial charge on any atom is 0.263 e. The third-order valence-corrected chi connectivity index (χ3v) is 5.63. The maximum atomic E-state index is 12.4. The minimum Gasteiger partial charge on any atom is -0.391 e. The number of rotatable bonds is 5. The number of nitrogens with one attached hydrogen (secondary N) is 1. The fraction of sp³-hybridized carbons (Fsp3) is 0.286. The number of thiophene rings is 1. The summed E-state index contributed by atoms with van der Waals surface area (Å²) < 4.78 is 27.3. The second-order valence-electron chi connectivity index (χ2n) is 4.45. The lowest BCUT2D eigenvalue weighted by molar-refractivity contribution is 0.285. The van der Waals surface area contributed by atoms with Crippen molar-refractivity contribution in [2.45, 2.75) is 31.8 Å². The summed E-state index contributed by atoms with van der Waals surface area (Å²) in [5.74, 6) is 0. The molecule has 0 saturated carbocycles. The molecule has 0 amide bonds. The van der Waals surface area contributed by atoms with E-state index in [-0.39, 0.29) is 11.5 Å². The number of hydrogen-bond acceptors (Lipinski definition) is 4. The van der Waals surface area contributed by atoms with Crippen LogP contribution in [0.25, 0.3) is 0 Å². The second-order valence-corrected chi connectivity index (χ2v) is 7.44. The van der Waals surface area contributed by atoms with Gasteiger partial charge in [-0.1, -0.05) is 19.1 Å². The van der Waals surface area contributed by atoms with Crippen LogP contribution in [0.3, 0.4) is 0 Å². The molecule has 0 radical (unpaired) electrons. The lowest BCUT2D eigenvalue weighted by Crippen LogP contribution is -2.13. The molecule has 0 bridgehead atoms. The smallest absolute Gasteiger partial charge is 0.263 e. The van der Waals surface area contributed by atoms with Crippen molar-refractivity contribution < 1.29 is 13.5 Å². The van der Waals surface area contributed by atoms with Gasteiger partial charge >= 0.3 is 0 Å². The summed E-state index contributed by atoms with van der Waals surface area (Å²) >= 11 is 1.29. The van der Waals surface area contributed by atoms with Gasteiger partial charge in [0.2, 0.25) is 0 Å². The Morgan fingerprint density at radius 1 is 1.30 bits per heavy atom. The van der Waals surface area contributed by atoms with E-state index in [9.17, 15) is 8.42 Å². The monoisotopic (exact) mass is 311 g/mol. The molecule has 108 valence electrons. The lowest BCUT2D eigenvalue weighted by atomic mass is 10.1. The van der Waals surface area contributed by atoms with Crippen molar-refractivity contribution in [3.8, 4) is 0 Å². The van der Waals surface area contributed by atoms with Crippen molar-refractivity contribution >= 4 is 27.0 Å². The van der Waals surface area contributed by atoms with Crippen LogP contribution < -0.4 is 4.72 Å². The molecule has 0 fully saturated rings. The summed E-state index contributed by atoms with van der Waals surface area (Å²) in [6.45, 7) is 3.61. The molecule has 2 aromatic rings. The molecule has 0 aliphatic rings. The highest BCUT2D eigenvalue weighted by Gasteiger charge is 2.19. The Balaban J connectivity index is 2.32. The van der Waals surface area contributed by atoms with Crippen LogP contribution in [-0.2, 0) is 23.1 Å². The molecular formula is C14H17NO3S2. The zero-order valence-corrected chi connectivity index (χ0v) is 13.0. The molecule has 0 spiro atoms. The van der Waals surface area contributed by atoms with Crippen molar-refractivity contribution in [2.24, 2.45) is 0 Å². The number of aliphatic hydroxyl groups excluding tert-OH is 1. The predicted molar refractivity (Wildman–Crippen MR) is 81.6 cm³/mol. The number of sulfonamides is 1. The zero-order valence-electron chi connectivity index (χ0n) is 11.4. The van der Waals surface area contributed by atoms with E-state index in [4.69, 9.17) is 5.11 Å². The molecule has 0 unspecified atom stereocenters. The van der Waals surface area contributed by atoms with Crippen LogP contribution in [0.4, 0.5) is 5.69 Å². The van der Waals surface area contributed by atoms with E-state index >= 15 is 0 Å². The van der Waals surface area contributed by atoms with Crippen LogP contribution in [0.15, 0.2) is 35.2 Å². The minimum absolute atomic E-state index is 0.146. The van der Waals surface area contributed by atoms with Crippen molar-refractivity contribution in [3.05, 3.63) is 45.6 Å². The van der Waals surface area contributed by atoms with Gasteiger partial charge in [0.25, 0.3) is 10.0 Å². The summed E-state index contributed by atoms with van der Waals surface area (Å²) in [6.07, 6.45) is 0.849. The van der Waals surface area contributed by atoms with E-state index in [2.05, 4.69) is 4.72 Å². The maximum absolute atomic E-state index is 12.4. The summed E-state index contributed by atoms with van der Waals surface area (Å²) in [5.41, 5.74) is 1.63. The minimum atomic E-state index is -3.61. The quantitative estimate of drug-likeness (QED) is 0.892. The summed E-state index contributed by atoms with van der Waals surface area (Å²) in [4.78, 5) is 1.55. The number of hydrogen-bond donors (Lipinski definition) is 2. The number of aryl methyl sites for hydroxylation is 2. The second kappa shape index (κ2) is 5.95. The Morgan fingerprint density at radius 3 is 2.65 bits per heavy atom. The molecule has 0 atom stereocenters. The predicted octanol–water partition coefficient (Wildman–Crippen LogP) is 2.91. The largest absolute Gasteiger partial charge is 0.391 e. The number of aliphatic hydroxyl groups is 1. The molecule has 1 aromatic heterocycles. The van der Waals surface area contributed by atoms with Crippen molar-refractivity contribution in [1.29, 1.82) is 0 Å². The molecule has 2 N–H and O–H groups in total. The molecule has 0 aliphatic carbocycles. The SMILES string of the molecule is CCc1cccc(NS(=O)(=O)c2cc(CO)sc2C)c1. The Morgan fingerprint density at radius 2 is 2.05 bits per heavy atom. The molecule has 0 aliphatic heterocycles. The Hall–Kier alpha value is -1.37. The molecule has 0 saturated heterocycles. The van der Waals surface area contributed by atoms with Crippen LogP contribution >= 0.6 is 11.3 Å². The fourth-order valence-corrected chi connectivity index (χ4v) is 4.48. The fourth-order valence-electron chi connectivity index (χ4n) is 1.93. The van der Waals surface area contributed by atoms with Crippen LogP contribution in [0.5, 0.6) is 0 Å². The van der Waals surface area contributed by atoms with Gasteiger partial charge in [-0.3, -0.25) is 4.72 Å². The zero-order chi connectivity index (χ0) is 14.8. The first-order valence-corrected chi connectivity index (χ1v) is 8.58. The van der Waals surface area contributed by atoms with Crippen LogP contribution in [0.1, 0.15) is 22.2 Å². The van der Waals surface area contributed by atoms with Gasteiger partial charge in [0, 0.05) is 15.4 Å². The van der Waals surface area contributed by atoms with Gasteiger partial charge in [-0.25, -0.2) is 8.42 Å². The molecule has 1 aromatic carbocycles. The van der Waals surface area contributed by atoms with Gasteiger partial charge < -0.3 is 5.11 Å². The van der Waals surface area contributed by atoms with E-state index in [1.807, 2.05) is 25.1 Å². The molecular weight excluding hydrogens is 294 g/mol. The van der Waals surface area contributed by atoms with Gasteiger partial charge in [-0.05, 0) is 37.1 Å². The topological polar surface area (TPSA) is 66.4 Å². The van der Waals surface area contributed by atoms with Gasteiger partial charge in [0.1, 0.15) is 4.90 Å². The molecule has 2 rings (SSSR count). The first kappa shape index (κ1) is 15.0. The van der Waals surface area contributed by atoms with Gasteiger partial charge in [-0.2, -0.15) is 0 Å². The van der Waals surface area contributed by atoms with Crippen LogP contribution in [-0.4, -0.2) is 13.5 Å². The number of anilines is 1. The van der Waals surface area contributed by atoms with Crippen LogP contribution in [0.2, 0.25) is 0 Å².